The van der Waals surface area contributed by atoms with Crippen LogP contribution in [0.5, 0.6) is 5.75 Å². The first-order valence-electron chi connectivity index (χ1n) is 10.6. The Morgan fingerprint density at radius 2 is 1.78 bits per heavy atom. The van der Waals surface area contributed by atoms with E-state index in [-0.39, 0.29) is 23.3 Å². The average Bonchev–Trinajstić information content (AvgIpc) is 2.66. The molecule has 8 nitrogen and oxygen atoms in total. The number of aliphatic hydroxyl groups excluding tert-OH is 3. The molecule has 0 radical (unpaired) electrons. The van der Waals surface area contributed by atoms with E-state index >= 15 is 0 Å². The largest absolute Gasteiger partial charge is 0.511 e. The van der Waals surface area contributed by atoms with Crippen LogP contribution in [0.4, 0.5) is 0 Å². The molecule has 3 aliphatic rings. The minimum atomic E-state index is -1.34. The van der Waals surface area contributed by atoms with Gasteiger partial charge >= 0.3 is 0 Å². The van der Waals surface area contributed by atoms with Crippen LogP contribution in [0.3, 0.4) is 0 Å². The molecular weight excluding hydrogens is 414 g/mol. The fraction of sp³-hybridized carbons (Fsp3) is 0.458. The number of rotatable bonds is 1. The van der Waals surface area contributed by atoms with Crippen molar-refractivity contribution >= 4 is 23.2 Å². The van der Waals surface area contributed by atoms with Crippen molar-refractivity contribution in [3.63, 3.8) is 0 Å². The van der Waals surface area contributed by atoms with Crippen LogP contribution in [-0.4, -0.2) is 49.5 Å². The second kappa shape index (κ2) is 7.20. The van der Waals surface area contributed by atoms with Gasteiger partial charge in [0.2, 0.25) is 0 Å². The summed E-state index contributed by atoms with van der Waals surface area (Å²) in [5.74, 6) is -6.95. The van der Waals surface area contributed by atoms with Gasteiger partial charge in [0.15, 0.2) is 11.6 Å². The van der Waals surface area contributed by atoms with Gasteiger partial charge in [-0.15, -0.1) is 0 Å². The molecular formula is C24H27NO7. The molecule has 1 fully saturated rings. The minimum absolute atomic E-state index is 0.100. The van der Waals surface area contributed by atoms with Crippen molar-refractivity contribution in [3.8, 4) is 5.75 Å². The SMILES string of the molecule is C[C@H]1c2cccc(O)c2C(O)=C2C(=O)C3C(O)=C(C(=O)NC(C)(C)C)C(=O)C[C@@H]3[C@@H](O)[C@@H]21. The van der Waals surface area contributed by atoms with Gasteiger partial charge in [0, 0.05) is 29.4 Å². The predicted molar refractivity (Wildman–Crippen MR) is 115 cm³/mol. The number of Topliss-reactive ketones (excluding diaryl/α,β-unsaturated/α-hetero) is 2. The summed E-state index contributed by atoms with van der Waals surface area (Å²) in [6.45, 7) is 6.92. The quantitative estimate of drug-likeness (QED) is 0.421. The van der Waals surface area contributed by atoms with E-state index in [9.17, 15) is 34.8 Å². The molecule has 0 spiro atoms. The molecule has 1 unspecified atom stereocenters. The molecule has 0 aromatic heterocycles. The molecule has 1 amide bonds. The number of nitrogens with one attached hydrogen (secondary N) is 1. The molecule has 32 heavy (non-hydrogen) atoms. The van der Waals surface area contributed by atoms with Crippen LogP contribution in [-0.2, 0) is 14.4 Å². The fourth-order valence-electron chi connectivity index (χ4n) is 5.33. The zero-order chi connectivity index (χ0) is 23.7. The van der Waals surface area contributed by atoms with E-state index in [1.807, 2.05) is 0 Å². The maximum atomic E-state index is 13.5. The van der Waals surface area contributed by atoms with Crippen molar-refractivity contribution in [1.82, 2.24) is 5.32 Å². The summed E-state index contributed by atoms with van der Waals surface area (Å²) in [5.41, 5.74) is -0.576. The van der Waals surface area contributed by atoms with Crippen LogP contribution in [0.2, 0.25) is 0 Å². The number of carbonyl (C=O) groups excluding carboxylic acids is 3. The normalized spacial score (nSPS) is 30.0. The average molecular weight is 441 g/mol. The van der Waals surface area contributed by atoms with Gasteiger partial charge in [-0.25, -0.2) is 0 Å². The maximum Gasteiger partial charge on any atom is 0.258 e. The van der Waals surface area contributed by atoms with Crippen molar-refractivity contribution in [1.29, 1.82) is 0 Å². The van der Waals surface area contributed by atoms with Crippen LogP contribution in [0.1, 0.15) is 51.2 Å². The molecule has 0 bridgehead atoms. The van der Waals surface area contributed by atoms with Crippen LogP contribution < -0.4 is 5.32 Å². The second-order valence-corrected chi connectivity index (χ2v) is 9.91. The smallest absolute Gasteiger partial charge is 0.258 e. The molecule has 5 atom stereocenters. The monoisotopic (exact) mass is 441 g/mol. The van der Waals surface area contributed by atoms with E-state index in [2.05, 4.69) is 5.32 Å². The summed E-state index contributed by atoms with van der Waals surface area (Å²) < 4.78 is 0. The zero-order valence-electron chi connectivity index (χ0n) is 18.3. The fourth-order valence-corrected chi connectivity index (χ4v) is 5.33. The van der Waals surface area contributed by atoms with Crippen LogP contribution in [0, 0.1) is 17.8 Å². The molecule has 0 saturated heterocycles. The van der Waals surface area contributed by atoms with Gasteiger partial charge in [-0.05, 0) is 38.3 Å². The Balaban J connectivity index is 1.87. The molecule has 4 rings (SSSR count). The van der Waals surface area contributed by atoms with Crippen LogP contribution in [0.25, 0.3) is 5.76 Å². The number of carbonyl (C=O) groups is 3. The topological polar surface area (TPSA) is 144 Å². The molecule has 3 aliphatic carbocycles. The summed E-state index contributed by atoms with van der Waals surface area (Å²) in [6, 6.07) is 4.71. The van der Waals surface area contributed by atoms with E-state index in [1.165, 1.54) is 6.07 Å². The molecule has 1 aromatic carbocycles. The lowest BCUT2D eigenvalue weighted by atomic mass is 9.57. The number of hydrogen-bond acceptors (Lipinski definition) is 7. The number of aromatic hydroxyl groups is 1. The summed E-state index contributed by atoms with van der Waals surface area (Å²) >= 11 is 0. The Bertz CT molecular complexity index is 1110. The minimum Gasteiger partial charge on any atom is -0.511 e. The van der Waals surface area contributed by atoms with E-state index in [0.29, 0.717) is 5.56 Å². The Morgan fingerprint density at radius 1 is 1.12 bits per heavy atom. The number of phenols is 1. The molecule has 0 heterocycles. The highest BCUT2D eigenvalue weighted by Gasteiger charge is 2.56. The number of fused-ring (bicyclic) bond motifs is 3. The number of amides is 1. The van der Waals surface area contributed by atoms with Crippen molar-refractivity contribution in [2.75, 3.05) is 0 Å². The van der Waals surface area contributed by atoms with Crippen LogP contribution in [0.15, 0.2) is 35.1 Å². The van der Waals surface area contributed by atoms with Gasteiger partial charge in [0.25, 0.3) is 5.91 Å². The lowest BCUT2D eigenvalue weighted by Gasteiger charge is -2.46. The third-order valence-electron chi connectivity index (χ3n) is 6.68. The van der Waals surface area contributed by atoms with Crippen LogP contribution >= 0.6 is 0 Å². The lowest BCUT2D eigenvalue weighted by Crippen LogP contribution is -2.53. The highest BCUT2D eigenvalue weighted by atomic mass is 16.3. The first-order chi connectivity index (χ1) is 14.8. The second-order valence-electron chi connectivity index (χ2n) is 9.91. The number of ketones is 2. The molecule has 170 valence electrons. The molecule has 0 aliphatic heterocycles. The summed E-state index contributed by atoms with van der Waals surface area (Å²) in [4.78, 5) is 39.0. The number of benzene rings is 1. The zero-order valence-corrected chi connectivity index (χ0v) is 18.3. The standard InChI is InChI=1S/C24H27NO7/c1-9-10-6-5-7-12(26)15(10)20(29)18-14(9)19(28)11-8-13(27)17(21(30)16(11)22(18)31)23(32)25-24(2,3)4/h5-7,9,11,14,16,19,26,28-30H,8H2,1-4H3,(H,25,32)/t9-,11-,14+,16?,19+/m0/s1. The van der Waals surface area contributed by atoms with Gasteiger partial charge in [0.1, 0.15) is 22.8 Å². The van der Waals surface area contributed by atoms with E-state index in [1.54, 1.807) is 39.8 Å². The Labute approximate surface area is 185 Å². The maximum absolute atomic E-state index is 13.5. The summed E-state index contributed by atoms with van der Waals surface area (Å²) in [6.07, 6.45) is -1.50. The molecule has 5 N–H and O–H groups in total. The van der Waals surface area contributed by atoms with E-state index in [4.69, 9.17) is 0 Å². The van der Waals surface area contributed by atoms with Gasteiger partial charge < -0.3 is 25.7 Å². The first-order valence-corrected chi connectivity index (χ1v) is 10.6. The third kappa shape index (κ3) is 3.12. The Kier molecular flexibility index (Phi) is 4.97. The number of phenolic OH excluding ortho intramolecular Hbond substituents is 1. The van der Waals surface area contributed by atoms with E-state index < -0.39 is 69.9 Å². The molecule has 8 heteroatoms. The summed E-state index contributed by atoms with van der Waals surface area (Å²) in [7, 11) is 0. The predicted octanol–water partition coefficient (Wildman–Crippen LogP) is 2.27. The van der Waals surface area contributed by atoms with Crippen molar-refractivity contribution < 1.29 is 34.8 Å². The van der Waals surface area contributed by atoms with Crippen molar-refractivity contribution in [3.05, 3.63) is 46.2 Å². The highest BCUT2D eigenvalue weighted by Crippen LogP contribution is 2.54. The molecule has 1 aromatic rings. The van der Waals surface area contributed by atoms with Gasteiger partial charge in [-0.3, -0.25) is 14.4 Å². The Morgan fingerprint density at radius 3 is 2.41 bits per heavy atom. The third-order valence-corrected chi connectivity index (χ3v) is 6.68. The van der Waals surface area contributed by atoms with Crippen molar-refractivity contribution in [2.24, 2.45) is 17.8 Å². The lowest BCUT2D eigenvalue weighted by molar-refractivity contribution is -0.134. The van der Waals surface area contributed by atoms with E-state index in [0.717, 1.165) is 0 Å². The highest BCUT2D eigenvalue weighted by molar-refractivity contribution is 6.22. The number of allylic oxidation sites excluding steroid dienone is 1. The Hall–Kier alpha value is -3.13. The first kappa shape index (κ1) is 22.1. The van der Waals surface area contributed by atoms with Gasteiger partial charge in [-0.1, -0.05) is 19.1 Å². The number of aliphatic hydroxyl groups is 3. The van der Waals surface area contributed by atoms with Gasteiger partial charge in [-0.2, -0.15) is 0 Å². The van der Waals surface area contributed by atoms with Gasteiger partial charge in [0.05, 0.1) is 17.6 Å². The molecule has 1 saturated carbocycles. The number of hydrogen-bond donors (Lipinski definition) is 5. The summed E-state index contributed by atoms with van der Waals surface area (Å²) in [5, 5.41) is 46.0. The van der Waals surface area contributed by atoms with Crippen molar-refractivity contribution in [2.45, 2.75) is 51.7 Å².